The van der Waals surface area contributed by atoms with Gasteiger partial charge in [0.2, 0.25) is 5.78 Å². The van der Waals surface area contributed by atoms with Crippen LogP contribution in [0.4, 0.5) is 0 Å². The van der Waals surface area contributed by atoms with Crippen LogP contribution < -0.4 is 0 Å². The van der Waals surface area contributed by atoms with Gasteiger partial charge in [-0.05, 0) is 29.8 Å². The highest BCUT2D eigenvalue weighted by Gasteiger charge is 2.13. The summed E-state index contributed by atoms with van der Waals surface area (Å²) in [7, 11) is 0. The third kappa shape index (κ3) is 3.73. The molecule has 4 nitrogen and oxygen atoms in total. The van der Waals surface area contributed by atoms with Crippen molar-refractivity contribution in [3.05, 3.63) is 77.0 Å². The highest BCUT2D eigenvalue weighted by atomic mass is 35.5. The molecule has 0 unspecified atom stereocenters. The Morgan fingerprint density at radius 3 is 2.79 bits per heavy atom. The van der Waals surface area contributed by atoms with Gasteiger partial charge in [-0.1, -0.05) is 41.9 Å². The summed E-state index contributed by atoms with van der Waals surface area (Å²) in [4.78, 5) is 27.0. The maximum absolute atomic E-state index is 12.2. The summed E-state index contributed by atoms with van der Waals surface area (Å²) in [5.41, 5.74) is 2.16. The van der Waals surface area contributed by atoms with Crippen LogP contribution in [0.5, 0.6) is 0 Å². The number of fused-ring (bicyclic) bond motifs is 1. The molecule has 0 saturated heterocycles. The summed E-state index contributed by atoms with van der Waals surface area (Å²) in [6.07, 6.45) is 4.49. The Bertz CT molecular complexity index is 927. The van der Waals surface area contributed by atoms with Crippen molar-refractivity contribution in [2.45, 2.75) is 0 Å². The Hall–Kier alpha value is -2.85. The number of hydrogen-bond donors (Lipinski definition) is 1. The fourth-order valence-electron chi connectivity index (χ4n) is 2.34. The molecule has 0 radical (unpaired) electrons. The minimum Gasteiger partial charge on any atom is -0.454 e. The quantitative estimate of drug-likeness (QED) is 0.429. The van der Waals surface area contributed by atoms with E-state index in [-0.39, 0.29) is 12.4 Å². The molecular weight excluding hydrogens is 326 g/mol. The fourth-order valence-corrected chi connectivity index (χ4v) is 2.54. The van der Waals surface area contributed by atoms with Gasteiger partial charge in [-0.15, -0.1) is 0 Å². The number of rotatable bonds is 5. The van der Waals surface area contributed by atoms with Gasteiger partial charge in [0, 0.05) is 33.8 Å². The smallest absolute Gasteiger partial charge is 0.331 e. The number of esters is 1. The standard InChI is InChI=1S/C19H14ClNO3/c20-14-5-3-4-13(10-14)8-9-19(23)24-12-18(22)16-11-21-17-7-2-1-6-15(16)17/h1-11,21H,12H2. The van der Waals surface area contributed by atoms with E-state index in [4.69, 9.17) is 16.3 Å². The Morgan fingerprint density at radius 2 is 1.96 bits per heavy atom. The topological polar surface area (TPSA) is 59.2 Å². The number of benzene rings is 2. The summed E-state index contributed by atoms with van der Waals surface area (Å²) >= 11 is 5.87. The molecule has 1 aromatic heterocycles. The number of para-hydroxylation sites is 1. The molecule has 0 aliphatic heterocycles. The van der Waals surface area contributed by atoms with Crippen molar-refractivity contribution >= 4 is 40.3 Å². The van der Waals surface area contributed by atoms with Gasteiger partial charge in [0.15, 0.2) is 6.61 Å². The average Bonchev–Trinajstić information content (AvgIpc) is 3.02. The van der Waals surface area contributed by atoms with E-state index in [1.165, 1.54) is 6.08 Å². The molecule has 3 rings (SSSR count). The van der Waals surface area contributed by atoms with E-state index in [0.717, 1.165) is 16.5 Å². The second kappa shape index (κ2) is 7.15. The molecule has 24 heavy (non-hydrogen) atoms. The van der Waals surface area contributed by atoms with Crippen LogP contribution in [-0.4, -0.2) is 23.3 Å². The summed E-state index contributed by atoms with van der Waals surface area (Å²) in [6.45, 7) is -0.305. The first-order chi connectivity index (χ1) is 11.6. The lowest BCUT2D eigenvalue weighted by atomic mass is 10.1. The molecule has 1 heterocycles. The molecule has 0 saturated carbocycles. The van der Waals surface area contributed by atoms with Crippen molar-refractivity contribution in [3.63, 3.8) is 0 Å². The minimum absolute atomic E-state index is 0.253. The Balaban J connectivity index is 1.61. The molecule has 0 spiro atoms. The van der Waals surface area contributed by atoms with E-state index in [1.54, 1.807) is 30.5 Å². The SMILES string of the molecule is O=C(C=Cc1cccc(Cl)c1)OCC(=O)c1c[nH]c2ccccc12. The number of H-pyrrole nitrogens is 1. The summed E-state index contributed by atoms with van der Waals surface area (Å²) < 4.78 is 5.01. The monoisotopic (exact) mass is 339 g/mol. The third-order valence-corrected chi connectivity index (χ3v) is 3.73. The van der Waals surface area contributed by atoms with Gasteiger partial charge in [0.1, 0.15) is 0 Å². The number of ether oxygens (including phenoxy) is 1. The molecule has 3 aromatic rings. The van der Waals surface area contributed by atoms with Gasteiger partial charge >= 0.3 is 5.97 Å². The van der Waals surface area contributed by atoms with Crippen molar-refractivity contribution in [2.75, 3.05) is 6.61 Å². The van der Waals surface area contributed by atoms with Crippen LogP contribution in [-0.2, 0) is 9.53 Å². The van der Waals surface area contributed by atoms with E-state index in [2.05, 4.69) is 4.98 Å². The average molecular weight is 340 g/mol. The molecule has 0 bridgehead atoms. The number of aromatic amines is 1. The van der Waals surface area contributed by atoms with Crippen molar-refractivity contribution in [3.8, 4) is 0 Å². The lowest BCUT2D eigenvalue weighted by molar-refractivity contribution is -0.136. The zero-order valence-corrected chi connectivity index (χ0v) is 13.4. The number of ketones is 1. The third-order valence-electron chi connectivity index (χ3n) is 3.50. The van der Waals surface area contributed by atoms with Crippen LogP contribution in [0.25, 0.3) is 17.0 Å². The Kier molecular flexibility index (Phi) is 4.77. The molecule has 0 fully saturated rings. The van der Waals surface area contributed by atoms with Gasteiger partial charge < -0.3 is 9.72 Å². The van der Waals surface area contributed by atoms with Crippen LogP contribution in [0.3, 0.4) is 0 Å². The molecule has 120 valence electrons. The van der Waals surface area contributed by atoms with Gasteiger partial charge in [-0.3, -0.25) is 4.79 Å². The highest BCUT2D eigenvalue weighted by molar-refractivity contribution is 6.30. The zero-order valence-electron chi connectivity index (χ0n) is 12.7. The predicted octanol–water partition coefficient (Wildman–Crippen LogP) is 4.26. The number of Topliss-reactive ketones (excluding diaryl/α,β-unsaturated/α-hetero) is 1. The first-order valence-electron chi connectivity index (χ1n) is 7.33. The number of carbonyl (C=O) groups excluding carboxylic acids is 2. The van der Waals surface area contributed by atoms with Gasteiger partial charge in [-0.2, -0.15) is 0 Å². The van der Waals surface area contributed by atoms with Crippen LogP contribution in [0, 0.1) is 0 Å². The predicted molar refractivity (Wildman–Crippen MR) is 94.1 cm³/mol. The highest BCUT2D eigenvalue weighted by Crippen LogP contribution is 2.18. The lowest BCUT2D eigenvalue weighted by Gasteiger charge is -2.01. The Labute approximate surface area is 143 Å². The van der Waals surface area contributed by atoms with E-state index >= 15 is 0 Å². The van der Waals surface area contributed by atoms with Crippen LogP contribution in [0.1, 0.15) is 15.9 Å². The van der Waals surface area contributed by atoms with Crippen molar-refractivity contribution in [2.24, 2.45) is 0 Å². The number of halogens is 1. The second-order valence-electron chi connectivity index (χ2n) is 5.17. The number of carbonyl (C=O) groups is 2. The molecule has 1 N–H and O–H groups in total. The van der Waals surface area contributed by atoms with E-state index < -0.39 is 5.97 Å². The molecule has 0 atom stereocenters. The van der Waals surface area contributed by atoms with Gasteiger partial charge in [-0.25, -0.2) is 4.79 Å². The van der Waals surface area contributed by atoms with Crippen LogP contribution in [0.15, 0.2) is 60.8 Å². The summed E-state index contributed by atoms with van der Waals surface area (Å²) in [6, 6.07) is 14.5. The van der Waals surface area contributed by atoms with Crippen molar-refractivity contribution in [1.29, 1.82) is 0 Å². The van der Waals surface area contributed by atoms with E-state index in [1.807, 2.05) is 30.3 Å². The molecule has 0 aliphatic rings. The number of nitrogens with one attached hydrogen (secondary N) is 1. The molecule has 5 heteroatoms. The maximum Gasteiger partial charge on any atom is 0.331 e. The van der Waals surface area contributed by atoms with E-state index in [0.29, 0.717) is 10.6 Å². The first-order valence-corrected chi connectivity index (χ1v) is 7.71. The second-order valence-corrected chi connectivity index (χ2v) is 5.60. The lowest BCUT2D eigenvalue weighted by Crippen LogP contribution is -2.12. The summed E-state index contributed by atoms with van der Waals surface area (Å²) in [5, 5.41) is 1.40. The fraction of sp³-hybridized carbons (Fsp3) is 0.0526. The molecule has 0 amide bonds. The first kappa shape index (κ1) is 16.0. The molecule has 2 aromatic carbocycles. The number of hydrogen-bond acceptors (Lipinski definition) is 3. The summed E-state index contributed by atoms with van der Waals surface area (Å²) in [5.74, 6) is -0.833. The van der Waals surface area contributed by atoms with Crippen LogP contribution >= 0.6 is 11.6 Å². The van der Waals surface area contributed by atoms with Gasteiger partial charge in [0.05, 0.1) is 0 Å². The van der Waals surface area contributed by atoms with Crippen molar-refractivity contribution < 1.29 is 14.3 Å². The van der Waals surface area contributed by atoms with Crippen LogP contribution in [0.2, 0.25) is 5.02 Å². The van der Waals surface area contributed by atoms with E-state index in [9.17, 15) is 9.59 Å². The van der Waals surface area contributed by atoms with Gasteiger partial charge in [0.25, 0.3) is 0 Å². The normalized spacial score (nSPS) is 11.0. The molecular formula is C19H14ClNO3. The molecule has 0 aliphatic carbocycles. The zero-order chi connectivity index (χ0) is 16.9. The Morgan fingerprint density at radius 1 is 1.12 bits per heavy atom. The minimum atomic E-state index is -0.580. The largest absolute Gasteiger partial charge is 0.454 e. The maximum atomic E-state index is 12.2. The van der Waals surface area contributed by atoms with Crippen molar-refractivity contribution in [1.82, 2.24) is 4.98 Å². The number of aromatic nitrogens is 1.